The molecule has 0 spiro atoms. The zero-order valence-electron chi connectivity index (χ0n) is 22.7. The van der Waals surface area contributed by atoms with Gasteiger partial charge in [0.1, 0.15) is 0 Å². The van der Waals surface area contributed by atoms with Crippen LogP contribution in [0.15, 0.2) is 29.8 Å². The maximum absolute atomic E-state index is 13.6. The first-order valence-corrected chi connectivity index (χ1v) is 12.8. The fraction of sp³-hybridized carbons (Fsp3) is 0.448. The third-order valence-corrected chi connectivity index (χ3v) is 7.11. The number of hydrogen-bond acceptors (Lipinski definition) is 7. The molecule has 9 heteroatoms. The van der Waals surface area contributed by atoms with Gasteiger partial charge in [-0.1, -0.05) is 0 Å². The minimum Gasteiger partial charge on any atom is -0.493 e. The minimum atomic E-state index is -0.257. The Bertz CT molecular complexity index is 1200. The van der Waals surface area contributed by atoms with Crippen molar-refractivity contribution in [2.24, 2.45) is 0 Å². The quantitative estimate of drug-likeness (QED) is 0.560. The Labute approximate surface area is 223 Å². The van der Waals surface area contributed by atoms with Gasteiger partial charge in [-0.05, 0) is 73.6 Å². The number of fused-ring (bicyclic) bond motifs is 1. The van der Waals surface area contributed by atoms with Crippen molar-refractivity contribution in [2.45, 2.75) is 38.1 Å². The minimum absolute atomic E-state index is 0.0133. The molecule has 1 fully saturated rings. The van der Waals surface area contributed by atoms with Gasteiger partial charge in [0.15, 0.2) is 23.0 Å². The van der Waals surface area contributed by atoms with Gasteiger partial charge >= 0.3 is 0 Å². The van der Waals surface area contributed by atoms with Gasteiger partial charge < -0.3 is 33.9 Å². The number of nitrogens with one attached hydrogen (secondary N) is 1. The van der Waals surface area contributed by atoms with Gasteiger partial charge in [0.05, 0.1) is 35.5 Å². The first-order valence-electron chi connectivity index (χ1n) is 12.8. The van der Waals surface area contributed by atoms with Gasteiger partial charge in [-0.25, -0.2) is 0 Å². The molecule has 1 heterocycles. The van der Waals surface area contributed by atoms with E-state index in [1.165, 1.54) is 21.3 Å². The second-order valence-electron chi connectivity index (χ2n) is 9.41. The second-order valence-corrected chi connectivity index (χ2v) is 9.41. The third kappa shape index (κ3) is 5.66. The molecule has 204 valence electrons. The number of benzene rings is 2. The topological polar surface area (TPSA) is 95.6 Å². The highest BCUT2D eigenvalue weighted by Crippen LogP contribution is 2.38. The monoisotopic (exact) mass is 524 g/mol. The van der Waals surface area contributed by atoms with Crippen LogP contribution in [-0.2, 0) is 11.2 Å². The van der Waals surface area contributed by atoms with Crippen molar-refractivity contribution in [1.29, 1.82) is 0 Å². The number of methoxy groups -OCH3 is 5. The first-order chi connectivity index (χ1) is 18.4. The van der Waals surface area contributed by atoms with Crippen LogP contribution in [0, 0.1) is 0 Å². The molecule has 1 saturated heterocycles. The number of nitrogens with zero attached hydrogens (tertiary/aromatic N) is 1. The normalized spacial score (nSPS) is 16.9. The van der Waals surface area contributed by atoms with Crippen molar-refractivity contribution in [3.63, 3.8) is 0 Å². The van der Waals surface area contributed by atoms with E-state index in [0.29, 0.717) is 53.8 Å². The highest BCUT2D eigenvalue weighted by atomic mass is 16.5. The molecule has 0 bridgehead atoms. The van der Waals surface area contributed by atoms with Crippen molar-refractivity contribution in [3.05, 3.63) is 46.5 Å². The molecule has 0 aromatic heterocycles. The highest BCUT2D eigenvalue weighted by Gasteiger charge is 2.28. The molecule has 1 aliphatic carbocycles. The summed E-state index contributed by atoms with van der Waals surface area (Å²) in [7, 11) is 7.77. The Morgan fingerprint density at radius 1 is 0.816 bits per heavy atom. The lowest BCUT2D eigenvalue weighted by molar-refractivity contribution is -0.128. The summed E-state index contributed by atoms with van der Waals surface area (Å²) in [4.78, 5) is 28.5. The molecule has 0 saturated carbocycles. The molecule has 4 rings (SSSR count). The Kier molecular flexibility index (Phi) is 8.66. The van der Waals surface area contributed by atoms with Crippen molar-refractivity contribution in [3.8, 4) is 28.7 Å². The lowest BCUT2D eigenvalue weighted by Crippen LogP contribution is -2.50. The third-order valence-electron chi connectivity index (χ3n) is 7.11. The van der Waals surface area contributed by atoms with Gasteiger partial charge in [0.2, 0.25) is 11.7 Å². The Morgan fingerprint density at radius 2 is 1.47 bits per heavy atom. The summed E-state index contributed by atoms with van der Waals surface area (Å²) < 4.78 is 27.0. The van der Waals surface area contributed by atoms with Gasteiger partial charge in [0, 0.05) is 30.3 Å². The molecule has 1 N–H and O–H groups in total. The zero-order valence-corrected chi connectivity index (χ0v) is 22.7. The van der Waals surface area contributed by atoms with Gasteiger partial charge in [-0.2, -0.15) is 0 Å². The van der Waals surface area contributed by atoms with Crippen molar-refractivity contribution >= 4 is 17.9 Å². The summed E-state index contributed by atoms with van der Waals surface area (Å²) in [6.45, 7) is 1.11. The Morgan fingerprint density at radius 3 is 2.11 bits per heavy atom. The van der Waals surface area contributed by atoms with E-state index in [4.69, 9.17) is 23.7 Å². The highest BCUT2D eigenvalue weighted by molar-refractivity contribution is 5.99. The number of aryl methyl sites for hydroxylation is 1. The van der Waals surface area contributed by atoms with Crippen LogP contribution in [-0.4, -0.2) is 71.4 Å². The fourth-order valence-corrected chi connectivity index (χ4v) is 5.15. The molecule has 0 radical (unpaired) electrons. The molecule has 2 amide bonds. The second kappa shape index (κ2) is 12.1. The Hall–Kier alpha value is -3.88. The number of rotatable bonds is 8. The van der Waals surface area contributed by atoms with E-state index in [1.807, 2.05) is 23.1 Å². The van der Waals surface area contributed by atoms with Crippen molar-refractivity contribution < 1.29 is 33.3 Å². The predicted octanol–water partition coefficient (Wildman–Crippen LogP) is 3.87. The standard InChI is InChI=1S/C29H36N2O7/c1-34-23-13-18-8-6-9-19(12-20(18)14-24(23)35-2)29(33)31-11-7-10-22(17-31)30-28(32)21-15-25(36-3)27(38-5)26(16-21)37-4/h12-16,22H,6-11,17H2,1-5H3,(H,30,32). The summed E-state index contributed by atoms with van der Waals surface area (Å²) >= 11 is 0. The summed E-state index contributed by atoms with van der Waals surface area (Å²) in [5, 5.41) is 3.08. The van der Waals surface area contributed by atoms with Crippen LogP contribution in [0.2, 0.25) is 0 Å². The van der Waals surface area contributed by atoms with Crippen LogP contribution in [0.3, 0.4) is 0 Å². The average molecular weight is 525 g/mol. The van der Waals surface area contributed by atoms with E-state index in [1.54, 1.807) is 26.4 Å². The molecule has 2 aromatic carbocycles. The smallest absolute Gasteiger partial charge is 0.251 e. The summed E-state index contributed by atoms with van der Waals surface area (Å²) in [5.41, 5.74) is 3.29. The lowest BCUT2D eigenvalue weighted by Gasteiger charge is -2.34. The van der Waals surface area contributed by atoms with E-state index in [0.717, 1.165) is 42.4 Å². The summed E-state index contributed by atoms with van der Waals surface area (Å²) in [5.74, 6) is 2.33. The number of hydrogen-bond donors (Lipinski definition) is 1. The number of carbonyl (C=O) groups excluding carboxylic acids is 2. The molecule has 9 nitrogen and oxygen atoms in total. The fourth-order valence-electron chi connectivity index (χ4n) is 5.15. The lowest BCUT2D eigenvalue weighted by atomic mass is 10.0. The van der Waals surface area contributed by atoms with Crippen LogP contribution in [0.5, 0.6) is 28.7 Å². The first kappa shape index (κ1) is 27.2. The molecule has 2 aliphatic rings. The number of amides is 2. The summed E-state index contributed by atoms with van der Waals surface area (Å²) in [6, 6.07) is 7.01. The average Bonchev–Trinajstić information content (AvgIpc) is 3.16. The van der Waals surface area contributed by atoms with Crippen LogP contribution >= 0.6 is 0 Å². The van der Waals surface area contributed by atoms with Crippen LogP contribution in [0.25, 0.3) is 6.08 Å². The Balaban J connectivity index is 1.49. The van der Waals surface area contributed by atoms with Crippen LogP contribution in [0.1, 0.15) is 47.2 Å². The molecule has 38 heavy (non-hydrogen) atoms. The van der Waals surface area contributed by atoms with Crippen molar-refractivity contribution in [2.75, 3.05) is 48.6 Å². The van der Waals surface area contributed by atoms with E-state index in [9.17, 15) is 9.59 Å². The molecule has 1 aliphatic heterocycles. The molecule has 1 unspecified atom stereocenters. The maximum Gasteiger partial charge on any atom is 0.251 e. The molecule has 2 aromatic rings. The van der Waals surface area contributed by atoms with Gasteiger partial charge in [-0.3, -0.25) is 9.59 Å². The number of ether oxygens (including phenoxy) is 5. The number of likely N-dealkylation sites (tertiary alicyclic amines) is 1. The van der Waals surface area contributed by atoms with Crippen LogP contribution < -0.4 is 29.0 Å². The van der Waals surface area contributed by atoms with E-state index < -0.39 is 0 Å². The van der Waals surface area contributed by atoms with E-state index in [2.05, 4.69) is 5.32 Å². The SMILES string of the molecule is COc1cc2c(cc1OC)CCCC(C(=O)N1CCCC(NC(=O)c3cc(OC)c(OC)c(OC)c3)C1)=C2. The zero-order chi connectivity index (χ0) is 27.2. The van der Waals surface area contributed by atoms with Crippen molar-refractivity contribution in [1.82, 2.24) is 10.2 Å². The summed E-state index contributed by atoms with van der Waals surface area (Å²) in [6.07, 6.45) is 5.99. The van der Waals surface area contributed by atoms with E-state index in [-0.39, 0.29) is 17.9 Å². The number of carbonyl (C=O) groups is 2. The van der Waals surface area contributed by atoms with Crippen LogP contribution in [0.4, 0.5) is 0 Å². The molecule has 1 atom stereocenters. The number of piperidine rings is 1. The predicted molar refractivity (Wildman–Crippen MR) is 144 cm³/mol. The van der Waals surface area contributed by atoms with Gasteiger partial charge in [-0.15, -0.1) is 0 Å². The van der Waals surface area contributed by atoms with E-state index >= 15 is 0 Å². The van der Waals surface area contributed by atoms with Gasteiger partial charge in [0.25, 0.3) is 5.91 Å². The molecular formula is C29H36N2O7. The molecular weight excluding hydrogens is 488 g/mol. The maximum atomic E-state index is 13.6. The largest absolute Gasteiger partial charge is 0.493 e.